The van der Waals surface area contributed by atoms with E-state index in [0.29, 0.717) is 0 Å². The fourth-order valence-corrected chi connectivity index (χ4v) is 2.30. The highest BCUT2D eigenvalue weighted by Crippen LogP contribution is 2.25. The second kappa shape index (κ2) is 6.46. The lowest BCUT2D eigenvalue weighted by molar-refractivity contribution is -0.118. The van der Waals surface area contributed by atoms with Crippen LogP contribution in [-0.2, 0) is 14.6 Å². The average molecular weight is 292 g/mol. The highest BCUT2D eigenvalue weighted by atomic mass is 32.2. The Balaban J connectivity index is 2.83. The van der Waals surface area contributed by atoms with E-state index in [-0.39, 0.29) is 24.7 Å². The number of nitrogens with one attached hydrogen (secondary N) is 2. The van der Waals surface area contributed by atoms with Crippen molar-refractivity contribution in [3.63, 3.8) is 0 Å². The molecule has 8 heteroatoms. The summed E-state index contributed by atoms with van der Waals surface area (Å²) >= 11 is 0. The number of benzene rings is 1. The minimum atomic E-state index is -4.64. The maximum atomic E-state index is 12.5. The highest BCUT2D eigenvalue weighted by Gasteiger charge is 2.28. The van der Waals surface area contributed by atoms with Crippen LogP contribution in [-0.4, -0.2) is 33.2 Å². The SMILES string of the molecule is CC(=O)NCCNc1ccccc1S(=O)(=O)C(F)F. The molecule has 1 amide bonds. The molecule has 0 aromatic heterocycles. The largest absolute Gasteiger partial charge is 0.382 e. The summed E-state index contributed by atoms with van der Waals surface area (Å²) in [5.74, 6) is -3.69. The van der Waals surface area contributed by atoms with Crippen molar-refractivity contribution in [3.05, 3.63) is 24.3 Å². The molecule has 0 bridgehead atoms. The summed E-state index contributed by atoms with van der Waals surface area (Å²) in [5, 5.41) is 5.20. The van der Waals surface area contributed by atoms with E-state index in [0.717, 1.165) is 6.07 Å². The number of sulfone groups is 1. The van der Waals surface area contributed by atoms with Gasteiger partial charge in [-0.05, 0) is 12.1 Å². The van der Waals surface area contributed by atoms with Crippen molar-refractivity contribution in [2.75, 3.05) is 18.4 Å². The fourth-order valence-electron chi connectivity index (χ4n) is 1.39. The maximum Gasteiger partial charge on any atom is 0.341 e. The molecule has 1 rings (SSSR count). The Hall–Kier alpha value is -1.70. The zero-order valence-electron chi connectivity index (χ0n) is 10.2. The third kappa shape index (κ3) is 4.16. The molecule has 0 radical (unpaired) electrons. The average Bonchev–Trinajstić information content (AvgIpc) is 2.34. The molecule has 0 aliphatic rings. The minimum absolute atomic E-state index is 0.0909. The van der Waals surface area contributed by atoms with Gasteiger partial charge in [-0.1, -0.05) is 12.1 Å². The van der Waals surface area contributed by atoms with Crippen molar-refractivity contribution in [2.45, 2.75) is 17.6 Å². The quantitative estimate of drug-likeness (QED) is 0.773. The van der Waals surface area contributed by atoms with Crippen molar-refractivity contribution in [1.29, 1.82) is 0 Å². The molecular formula is C11H14F2N2O3S. The Labute approximate surface area is 109 Å². The first-order chi connectivity index (χ1) is 8.85. The molecule has 2 N–H and O–H groups in total. The predicted molar refractivity (Wildman–Crippen MR) is 66.8 cm³/mol. The summed E-state index contributed by atoms with van der Waals surface area (Å²) in [6, 6.07) is 5.41. The highest BCUT2D eigenvalue weighted by molar-refractivity contribution is 7.91. The Morgan fingerprint density at radius 1 is 1.26 bits per heavy atom. The third-order valence-electron chi connectivity index (χ3n) is 2.24. The number of amides is 1. The number of carbonyl (C=O) groups excluding carboxylic acids is 1. The van der Waals surface area contributed by atoms with Crippen LogP contribution in [0.2, 0.25) is 0 Å². The topological polar surface area (TPSA) is 75.3 Å². The monoisotopic (exact) mass is 292 g/mol. The van der Waals surface area contributed by atoms with Gasteiger partial charge in [-0.25, -0.2) is 8.42 Å². The van der Waals surface area contributed by atoms with Crippen molar-refractivity contribution in [2.24, 2.45) is 0 Å². The van der Waals surface area contributed by atoms with Gasteiger partial charge in [-0.15, -0.1) is 0 Å². The lowest BCUT2D eigenvalue weighted by Crippen LogP contribution is -2.26. The van der Waals surface area contributed by atoms with Crippen LogP contribution < -0.4 is 10.6 Å². The molecule has 0 heterocycles. The molecule has 0 spiro atoms. The number of hydrogen-bond acceptors (Lipinski definition) is 4. The first-order valence-electron chi connectivity index (χ1n) is 5.45. The van der Waals surface area contributed by atoms with Gasteiger partial charge in [-0.3, -0.25) is 4.79 Å². The summed E-state index contributed by atoms with van der Waals surface area (Å²) in [6.07, 6.45) is 0. The van der Waals surface area contributed by atoms with E-state index >= 15 is 0 Å². The lowest BCUT2D eigenvalue weighted by Gasteiger charge is -2.12. The second-order valence-electron chi connectivity index (χ2n) is 3.71. The number of carbonyl (C=O) groups is 1. The maximum absolute atomic E-state index is 12.5. The van der Waals surface area contributed by atoms with Gasteiger partial charge >= 0.3 is 5.76 Å². The van der Waals surface area contributed by atoms with Gasteiger partial charge < -0.3 is 10.6 Å². The van der Waals surface area contributed by atoms with E-state index in [4.69, 9.17) is 0 Å². The Bertz CT molecular complexity index is 547. The smallest absolute Gasteiger partial charge is 0.341 e. The Morgan fingerprint density at radius 2 is 1.89 bits per heavy atom. The van der Waals surface area contributed by atoms with Gasteiger partial charge in [0.1, 0.15) is 0 Å². The van der Waals surface area contributed by atoms with Gasteiger partial charge in [-0.2, -0.15) is 8.78 Å². The Morgan fingerprint density at radius 3 is 2.47 bits per heavy atom. The van der Waals surface area contributed by atoms with Crippen molar-refractivity contribution >= 4 is 21.4 Å². The molecule has 0 fully saturated rings. The van der Waals surface area contributed by atoms with Crippen molar-refractivity contribution in [3.8, 4) is 0 Å². The Kier molecular flexibility index (Phi) is 5.22. The molecule has 0 atom stereocenters. The van der Waals surface area contributed by atoms with Crippen molar-refractivity contribution < 1.29 is 22.0 Å². The van der Waals surface area contributed by atoms with E-state index in [1.807, 2.05) is 0 Å². The van der Waals surface area contributed by atoms with Gasteiger partial charge in [0.25, 0.3) is 0 Å². The van der Waals surface area contributed by atoms with E-state index in [1.165, 1.54) is 25.1 Å². The van der Waals surface area contributed by atoms with Crippen LogP contribution in [0.4, 0.5) is 14.5 Å². The lowest BCUT2D eigenvalue weighted by atomic mass is 10.3. The van der Waals surface area contributed by atoms with Crippen LogP contribution in [0.25, 0.3) is 0 Å². The zero-order chi connectivity index (χ0) is 14.5. The third-order valence-corrected chi connectivity index (χ3v) is 3.68. The van der Waals surface area contributed by atoms with E-state index in [1.54, 1.807) is 0 Å². The molecule has 1 aromatic carbocycles. The van der Waals surface area contributed by atoms with Gasteiger partial charge in [0.2, 0.25) is 15.7 Å². The number of anilines is 1. The number of halogens is 2. The van der Waals surface area contributed by atoms with E-state index in [9.17, 15) is 22.0 Å². The molecule has 0 aliphatic carbocycles. The standard InChI is InChI=1S/C11H14F2N2O3S/c1-8(16)14-6-7-15-9-4-2-3-5-10(9)19(17,18)11(12)13/h2-5,11,15H,6-7H2,1H3,(H,14,16). The molecular weight excluding hydrogens is 278 g/mol. The first kappa shape index (κ1) is 15.4. The summed E-state index contributed by atoms with van der Waals surface area (Å²) < 4.78 is 47.9. The van der Waals surface area contributed by atoms with Crippen LogP contribution in [0.1, 0.15) is 6.92 Å². The van der Waals surface area contributed by atoms with E-state index in [2.05, 4.69) is 10.6 Å². The molecule has 0 unspecified atom stereocenters. The van der Waals surface area contributed by atoms with Gasteiger partial charge in [0.05, 0.1) is 10.6 Å². The number of alkyl halides is 2. The molecule has 0 saturated carbocycles. The molecule has 1 aromatic rings. The normalized spacial score (nSPS) is 11.4. The van der Waals surface area contributed by atoms with Gasteiger partial charge in [0.15, 0.2) is 0 Å². The molecule has 0 aliphatic heterocycles. The zero-order valence-corrected chi connectivity index (χ0v) is 11.0. The number of rotatable bonds is 6. The van der Waals surface area contributed by atoms with Gasteiger partial charge in [0, 0.05) is 20.0 Å². The van der Waals surface area contributed by atoms with Crippen LogP contribution >= 0.6 is 0 Å². The van der Waals surface area contributed by atoms with Crippen LogP contribution in [0.15, 0.2) is 29.2 Å². The molecule has 19 heavy (non-hydrogen) atoms. The molecule has 5 nitrogen and oxygen atoms in total. The summed E-state index contributed by atoms with van der Waals surface area (Å²) in [5.41, 5.74) is 0.0909. The van der Waals surface area contributed by atoms with E-state index < -0.39 is 20.5 Å². The molecule has 106 valence electrons. The van der Waals surface area contributed by atoms with Crippen LogP contribution in [0.3, 0.4) is 0 Å². The summed E-state index contributed by atoms with van der Waals surface area (Å²) in [4.78, 5) is 10.2. The minimum Gasteiger partial charge on any atom is -0.382 e. The van der Waals surface area contributed by atoms with Crippen LogP contribution in [0, 0.1) is 0 Å². The molecule has 0 saturated heterocycles. The van der Waals surface area contributed by atoms with Crippen LogP contribution in [0.5, 0.6) is 0 Å². The first-order valence-corrected chi connectivity index (χ1v) is 6.99. The summed E-state index contributed by atoms with van der Waals surface area (Å²) in [7, 11) is -4.64. The second-order valence-corrected chi connectivity index (χ2v) is 5.60. The fraction of sp³-hybridized carbons (Fsp3) is 0.364. The predicted octanol–water partition coefficient (Wildman–Crippen LogP) is 1.23. The van der Waals surface area contributed by atoms with Crippen molar-refractivity contribution in [1.82, 2.24) is 5.32 Å². The number of para-hydroxylation sites is 1. The summed E-state index contributed by atoms with van der Waals surface area (Å²) in [6.45, 7) is 1.84. The number of hydrogen-bond donors (Lipinski definition) is 2.